The van der Waals surface area contributed by atoms with Crippen LogP contribution in [-0.4, -0.2) is 32.6 Å². The van der Waals surface area contributed by atoms with E-state index in [0.29, 0.717) is 11.3 Å². The van der Waals surface area contributed by atoms with E-state index >= 15 is 0 Å². The number of nitrogens with zero attached hydrogens (tertiary/aromatic N) is 1. The lowest BCUT2D eigenvalue weighted by Crippen LogP contribution is -2.30. The number of methoxy groups -OCH3 is 1. The largest absolute Gasteiger partial charge is 0.465 e. The van der Waals surface area contributed by atoms with Crippen molar-refractivity contribution in [3.05, 3.63) is 59.2 Å². The first-order valence-electron chi connectivity index (χ1n) is 7.68. The van der Waals surface area contributed by atoms with Crippen LogP contribution in [0, 0.1) is 13.8 Å². The molecule has 2 rings (SSSR count). The summed E-state index contributed by atoms with van der Waals surface area (Å²) in [6, 6.07) is 12.6. The van der Waals surface area contributed by atoms with E-state index in [1.165, 1.54) is 12.7 Å². The number of anilines is 2. The second kappa shape index (κ2) is 7.64. The Bertz CT molecular complexity index is 739. The molecule has 0 aliphatic carbocycles. The third kappa shape index (κ3) is 4.13. The van der Waals surface area contributed by atoms with Crippen LogP contribution in [0.1, 0.15) is 21.5 Å². The van der Waals surface area contributed by atoms with E-state index < -0.39 is 5.97 Å². The number of carbonyl (C=O) groups is 2. The molecule has 1 N–H and O–H groups in total. The van der Waals surface area contributed by atoms with E-state index in [-0.39, 0.29) is 12.5 Å². The molecule has 0 fully saturated rings. The molecule has 126 valence electrons. The van der Waals surface area contributed by atoms with E-state index in [0.717, 1.165) is 11.3 Å². The number of benzene rings is 2. The second-order valence-electron chi connectivity index (χ2n) is 5.69. The predicted octanol–water partition coefficient (Wildman–Crippen LogP) is 3.16. The maximum absolute atomic E-state index is 12.2. The van der Waals surface area contributed by atoms with Gasteiger partial charge in [0.05, 0.1) is 19.2 Å². The Labute approximate surface area is 142 Å². The lowest BCUT2D eigenvalue weighted by atomic mass is 10.1. The van der Waals surface area contributed by atoms with Gasteiger partial charge in [0.1, 0.15) is 0 Å². The van der Waals surface area contributed by atoms with Crippen molar-refractivity contribution in [1.29, 1.82) is 0 Å². The van der Waals surface area contributed by atoms with Crippen molar-refractivity contribution in [2.75, 3.05) is 30.9 Å². The van der Waals surface area contributed by atoms with Gasteiger partial charge in [-0.2, -0.15) is 0 Å². The Balaban J connectivity index is 2.00. The van der Waals surface area contributed by atoms with Crippen LogP contribution in [0.4, 0.5) is 11.4 Å². The van der Waals surface area contributed by atoms with Crippen molar-refractivity contribution in [2.24, 2.45) is 0 Å². The zero-order chi connectivity index (χ0) is 17.7. The molecule has 0 aliphatic heterocycles. The Morgan fingerprint density at radius 2 is 1.75 bits per heavy atom. The van der Waals surface area contributed by atoms with Crippen molar-refractivity contribution >= 4 is 23.3 Å². The summed E-state index contributed by atoms with van der Waals surface area (Å²) < 4.78 is 4.65. The molecule has 0 radical (unpaired) electrons. The number of carbonyl (C=O) groups excluding carboxylic acids is 2. The van der Waals surface area contributed by atoms with E-state index in [4.69, 9.17) is 0 Å². The van der Waals surface area contributed by atoms with Crippen molar-refractivity contribution in [3.63, 3.8) is 0 Å². The summed E-state index contributed by atoms with van der Waals surface area (Å²) in [5, 5.41) is 2.83. The molecular weight excluding hydrogens is 304 g/mol. The Morgan fingerprint density at radius 3 is 2.38 bits per heavy atom. The highest BCUT2D eigenvalue weighted by Crippen LogP contribution is 2.21. The first-order valence-corrected chi connectivity index (χ1v) is 7.68. The van der Waals surface area contributed by atoms with E-state index in [9.17, 15) is 9.59 Å². The second-order valence-corrected chi connectivity index (χ2v) is 5.69. The van der Waals surface area contributed by atoms with Gasteiger partial charge in [0, 0.05) is 18.4 Å². The van der Waals surface area contributed by atoms with Crippen molar-refractivity contribution in [2.45, 2.75) is 13.8 Å². The molecule has 0 aromatic heterocycles. The molecule has 0 aliphatic rings. The van der Waals surface area contributed by atoms with Crippen LogP contribution < -0.4 is 10.2 Å². The van der Waals surface area contributed by atoms with Crippen LogP contribution >= 0.6 is 0 Å². The summed E-state index contributed by atoms with van der Waals surface area (Å²) >= 11 is 0. The van der Waals surface area contributed by atoms with Crippen LogP contribution in [0.15, 0.2) is 42.5 Å². The van der Waals surface area contributed by atoms with Gasteiger partial charge < -0.3 is 15.0 Å². The zero-order valence-corrected chi connectivity index (χ0v) is 14.4. The molecule has 0 spiro atoms. The van der Waals surface area contributed by atoms with E-state index in [2.05, 4.69) is 23.0 Å². The maximum atomic E-state index is 12.2. The zero-order valence-electron chi connectivity index (χ0n) is 14.4. The highest BCUT2D eigenvalue weighted by atomic mass is 16.5. The molecule has 0 saturated carbocycles. The SMILES string of the molecule is COC(=O)c1ccc(NC(=O)CN(C)c2cccc(C)c2C)cc1. The molecule has 0 atom stereocenters. The topological polar surface area (TPSA) is 58.6 Å². The maximum Gasteiger partial charge on any atom is 0.337 e. The lowest BCUT2D eigenvalue weighted by Gasteiger charge is -2.22. The number of amides is 1. The molecule has 1 amide bonds. The smallest absolute Gasteiger partial charge is 0.337 e. The number of aryl methyl sites for hydroxylation is 1. The number of likely N-dealkylation sites (N-methyl/N-ethyl adjacent to an activating group) is 1. The first-order chi connectivity index (χ1) is 11.4. The Morgan fingerprint density at radius 1 is 1.08 bits per heavy atom. The summed E-state index contributed by atoms with van der Waals surface area (Å²) in [6.07, 6.45) is 0. The van der Waals surface area contributed by atoms with E-state index in [1.54, 1.807) is 24.3 Å². The van der Waals surface area contributed by atoms with Gasteiger partial charge in [-0.15, -0.1) is 0 Å². The van der Waals surface area contributed by atoms with Gasteiger partial charge in [-0.25, -0.2) is 4.79 Å². The fourth-order valence-electron chi connectivity index (χ4n) is 2.46. The highest BCUT2D eigenvalue weighted by Gasteiger charge is 2.11. The monoisotopic (exact) mass is 326 g/mol. The summed E-state index contributed by atoms with van der Waals surface area (Å²) in [6.45, 7) is 4.34. The van der Waals surface area contributed by atoms with E-state index in [1.807, 2.05) is 31.0 Å². The minimum atomic E-state index is -0.400. The standard InChI is InChI=1S/C19H22N2O3/c1-13-6-5-7-17(14(13)2)21(3)12-18(22)20-16-10-8-15(9-11-16)19(23)24-4/h5-11H,12H2,1-4H3,(H,20,22). The van der Waals surface area contributed by atoms with Gasteiger partial charge in [-0.1, -0.05) is 12.1 Å². The number of esters is 1. The fourth-order valence-corrected chi connectivity index (χ4v) is 2.46. The molecule has 0 unspecified atom stereocenters. The number of ether oxygens (including phenoxy) is 1. The summed E-state index contributed by atoms with van der Waals surface area (Å²) in [7, 11) is 3.23. The van der Waals surface area contributed by atoms with Gasteiger partial charge in [0.2, 0.25) is 5.91 Å². The van der Waals surface area contributed by atoms with Crippen LogP contribution in [0.3, 0.4) is 0 Å². The average Bonchev–Trinajstić information content (AvgIpc) is 2.57. The summed E-state index contributed by atoms with van der Waals surface area (Å²) in [5.74, 6) is -0.522. The number of hydrogen-bond acceptors (Lipinski definition) is 4. The number of nitrogens with one attached hydrogen (secondary N) is 1. The number of hydrogen-bond donors (Lipinski definition) is 1. The first kappa shape index (κ1) is 17.5. The lowest BCUT2D eigenvalue weighted by molar-refractivity contribution is -0.114. The van der Waals surface area contributed by atoms with Gasteiger partial charge in [0.15, 0.2) is 0 Å². The Kier molecular flexibility index (Phi) is 5.58. The molecule has 0 saturated heterocycles. The molecule has 0 bridgehead atoms. The number of rotatable bonds is 5. The molecular formula is C19H22N2O3. The molecule has 24 heavy (non-hydrogen) atoms. The van der Waals surface area contributed by atoms with Crippen LogP contribution in [0.25, 0.3) is 0 Å². The van der Waals surface area contributed by atoms with Crippen molar-refractivity contribution in [1.82, 2.24) is 0 Å². The van der Waals surface area contributed by atoms with Crippen molar-refractivity contribution in [3.8, 4) is 0 Å². The van der Waals surface area contributed by atoms with Gasteiger partial charge in [0.25, 0.3) is 0 Å². The van der Waals surface area contributed by atoms with Gasteiger partial charge in [-0.05, 0) is 55.3 Å². The highest BCUT2D eigenvalue weighted by molar-refractivity contribution is 5.95. The molecule has 0 heterocycles. The third-order valence-electron chi connectivity index (χ3n) is 3.96. The normalized spacial score (nSPS) is 10.2. The summed E-state index contributed by atoms with van der Waals surface area (Å²) in [4.78, 5) is 25.5. The van der Waals surface area contributed by atoms with Crippen LogP contribution in [0.5, 0.6) is 0 Å². The predicted molar refractivity (Wildman–Crippen MR) is 95.6 cm³/mol. The molecule has 5 nitrogen and oxygen atoms in total. The minimum absolute atomic E-state index is 0.121. The van der Waals surface area contributed by atoms with Crippen LogP contribution in [-0.2, 0) is 9.53 Å². The van der Waals surface area contributed by atoms with Crippen LogP contribution in [0.2, 0.25) is 0 Å². The molecule has 2 aromatic carbocycles. The van der Waals surface area contributed by atoms with Gasteiger partial charge >= 0.3 is 5.97 Å². The summed E-state index contributed by atoms with van der Waals surface area (Å²) in [5.41, 5.74) is 4.48. The average molecular weight is 326 g/mol. The quantitative estimate of drug-likeness (QED) is 0.858. The fraction of sp³-hybridized carbons (Fsp3) is 0.263. The molecule has 2 aromatic rings. The van der Waals surface area contributed by atoms with Gasteiger partial charge in [-0.3, -0.25) is 4.79 Å². The third-order valence-corrected chi connectivity index (χ3v) is 3.96. The van der Waals surface area contributed by atoms with Crippen molar-refractivity contribution < 1.29 is 14.3 Å². The minimum Gasteiger partial charge on any atom is -0.465 e. The Hall–Kier alpha value is -2.82. The molecule has 5 heteroatoms.